The van der Waals surface area contributed by atoms with Crippen LogP contribution in [0.4, 0.5) is 0 Å². The minimum Gasteiger partial charge on any atom is -0.497 e. The molecule has 0 aliphatic heterocycles. The SMILES string of the molecule is COc1ccc(OC)c(C(C)NCc2ccc3cc(OC)ccc3c2)c1. The number of rotatable bonds is 7. The Morgan fingerprint density at radius 2 is 1.42 bits per heavy atom. The molecule has 1 atom stereocenters. The maximum atomic E-state index is 5.49. The highest BCUT2D eigenvalue weighted by Crippen LogP contribution is 2.29. The molecule has 0 fully saturated rings. The summed E-state index contributed by atoms with van der Waals surface area (Å²) in [7, 11) is 5.05. The molecule has 4 heteroatoms. The molecule has 1 unspecified atom stereocenters. The van der Waals surface area contributed by atoms with Gasteiger partial charge in [-0.3, -0.25) is 0 Å². The second-order valence-corrected chi connectivity index (χ2v) is 6.26. The van der Waals surface area contributed by atoms with Gasteiger partial charge in [-0.05, 0) is 59.7 Å². The molecular weight excluding hydrogens is 326 g/mol. The van der Waals surface area contributed by atoms with Crippen LogP contribution < -0.4 is 19.5 Å². The van der Waals surface area contributed by atoms with E-state index in [1.54, 1.807) is 21.3 Å². The Bertz CT molecular complexity index is 892. The smallest absolute Gasteiger partial charge is 0.123 e. The zero-order valence-corrected chi connectivity index (χ0v) is 15.7. The Morgan fingerprint density at radius 1 is 0.769 bits per heavy atom. The van der Waals surface area contributed by atoms with Crippen molar-refractivity contribution in [2.45, 2.75) is 19.5 Å². The molecule has 3 aromatic carbocycles. The number of hydrogen-bond acceptors (Lipinski definition) is 4. The first-order chi connectivity index (χ1) is 12.6. The average molecular weight is 351 g/mol. The van der Waals surface area contributed by atoms with Crippen molar-refractivity contribution < 1.29 is 14.2 Å². The Kier molecular flexibility index (Phi) is 5.64. The van der Waals surface area contributed by atoms with E-state index in [1.807, 2.05) is 24.3 Å². The predicted octanol–water partition coefficient (Wildman–Crippen LogP) is 4.72. The summed E-state index contributed by atoms with van der Waals surface area (Å²) in [6.07, 6.45) is 0. The van der Waals surface area contributed by atoms with Crippen molar-refractivity contribution in [1.29, 1.82) is 0 Å². The van der Waals surface area contributed by atoms with E-state index in [0.29, 0.717) is 0 Å². The van der Waals surface area contributed by atoms with Crippen molar-refractivity contribution in [3.8, 4) is 17.2 Å². The van der Waals surface area contributed by atoms with E-state index in [-0.39, 0.29) is 6.04 Å². The van der Waals surface area contributed by atoms with Crippen molar-refractivity contribution >= 4 is 10.8 Å². The van der Waals surface area contributed by atoms with Gasteiger partial charge in [0.15, 0.2) is 0 Å². The first-order valence-electron chi connectivity index (χ1n) is 8.66. The van der Waals surface area contributed by atoms with Crippen LogP contribution in [0.15, 0.2) is 54.6 Å². The fourth-order valence-corrected chi connectivity index (χ4v) is 3.07. The zero-order chi connectivity index (χ0) is 18.5. The normalized spacial score (nSPS) is 12.0. The van der Waals surface area contributed by atoms with Gasteiger partial charge in [-0.1, -0.05) is 18.2 Å². The Morgan fingerprint density at radius 3 is 2.15 bits per heavy atom. The molecule has 4 nitrogen and oxygen atoms in total. The summed E-state index contributed by atoms with van der Waals surface area (Å²) < 4.78 is 16.1. The van der Waals surface area contributed by atoms with Crippen LogP contribution in [0.25, 0.3) is 10.8 Å². The summed E-state index contributed by atoms with van der Waals surface area (Å²) >= 11 is 0. The van der Waals surface area contributed by atoms with Crippen LogP contribution in [-0.4, -0.2) is 21.3 Å². The fourth-order valence-electron chi connectivity index (χ4n) is 3.07. The van der Waals surface area contributed by atoms with Gasteiger partial charge in [-0.2, -0.15) is 0 Å². The van der Waals surface area contributed by atoms with Crippen LogP contribution in [-0.2, 0) is 6.54 Å². The highest BCUT2D eigenvalue weighted by molar-refractivity contribution is 5.84. The van der Waals surface area contributed by atoms with Gasteiger partial charge in [0, 0.05) is 18.2 Å². The molecule has 26 heavy (non-hydrogen) atoms. The second kappa shape index (κ2) is 8.11. The van der Waals surface area contributed by atoms with Gasteiger partial charge in [-0.15, -0.1) is 0 Å². The van der Waals surface area contributed by atoms with Crippen molar-refractivity contribution in [2.75, 3.05) is 21.3 Å². The van der Waals surface area contributed by atoms with Gasteiger partial charge < -0.3 is 19.5 Å². The lowest BCUT2D eigenvalue weighted by Crippen LogP contribution is -2.18. The molecule has 3 rings (SSSR count). The Labute approximate surface area is 154 Å². The summed E-state index contributed by atoms with van der Waals surface area (Å²) in [6, 6.07) is 18.6. The first kappa shape index (κ1) is 18.1. The number of hydrogen-bond donors (Lipinski definition) is 1. The van der Waals surface area contributed by atoms with Crippen molar-refractivity contribution in [3.63, 3.8) is 0 Å². The number of nitrogens with one attached hydrogen (secondary N) is 1. The van der Waals surface area contributed by atoms with Gasteiger partial charge in [0.05, 0.1) is 21.3 Å². The average Bonchev–Trinajstić information content (AvgIpc) is 2.70. The van der Waals surface area contributed by atoms with Crippen LogP contribution in [0.1, 0.15) is 24.1 Å². The van der Waals surface area contributed by atoms with E-state index in [2.05, 4.69) is 42.6 Å². The van der Waals surface area contributed by atoms with Crippen molar-refractivity contribution in [1.82, 2.24) is 5.32 Å². The second-order valence-electron chi connectivity index (χ2n) is 6.26. The number of fused-ring (bicyclic) bond motifs is 1. The molecule has 0 aliphatic rings. The monoisotopic (exact) mass is 351 g/mol. The van der Waals surface area contributed by atoms with Gasteiger partial charge >= 0.3 is 0 Å². The summed E-state index contributed by atoms with van der Waals surface area (Å²) in [6.45, 7) is 2.90. The van der Waals surface area contributed by atoms with E-state index in [0.717, 1.165) is 29.4 Å². The van der Waals surface area contributed by atoms with Crippen LogP contribution in [0.3, 0.4) is 0 Å². The van der Waals surface area contributed by atoms with Gasteiger partial charge in [0.25, 0.3) is 0 Å². The van der Waals surface area contributed by atoms with Crippen molar-refractivity contribution in [3.05, 3.63) is 65.7 Å². The predicted molar refractivity (Wildman–Crippen MR) is 105 cm³/mol. The number of benzene rings is 3. The lowest BCUT2D eigenvalue weighted by atomic mass is 10.0. The van der Waals surface area contributed by atoms with E-state index in [4.69, 9.17) is 14.2 Å². The summed E-state index contributed by atoms with van der Waals surface area (Å²) in [5, 5.41) is 5.95. The van der Waals surface area contributed by atoms with E-state index in [1.165, 1.54) is 16.3 Å². The molecule has 0 heterocycles. The largest absolute Gasteiger partial charge is 0.497 e. The highest BCUT2D eigenvalue weighted by Gasteiger charge is 2.12. The van der Waals surface area contributed by atoms with Crippen LogP contribution in [0.5, 0.6) is 17.2 Å². The maximum absolute atomic E-state index is 5.49. The lowest BCUT2D eigenvalue weighted by molar-refractivity contribution is 0.391. The van der Waals surface area contributed by atoms with Crippen LogP contribution in [0.2, 0.25) is 0 Å². The van der Waals surface area contributed by atoms with Gasteiger partial charge in [0.2, 0.25) is 0 Å². The molecule has 0 saturated carbocycles. The molecule has 1 N–H and O–H groups in total. The minimum atomic E-state index is 0.131. The molecule has 0 aromatic heterocycles. The molecule has 0 amide bonds. The molecule has 0 spiro atoms. The van der Waals surface area contributed by atoms with Gasteiger partial charge in [0.1, 0.15) is 17.2 Å². The minimum absolute atomic E-state index is 0.131. The third-order valence-electron chi connectivity index (χ3n) is 4.63. The van der Waals surface area contributed by atoms with E-state index >= 15 is 0 Å². The van der Waals surface area contributed by atoms with E-state index in [9.17, 15) is 0 Å². The fraction of sp³-hybridized carbons (Fsp3) is 0.273. The van der Waals surface area contributed by atoms with Crippen molar-refractivity contribution in [2.24, 2.45) is 0 Å². The lowest BCUT2D eigenvalue weighted by Gasteiger charge is -2.18. The molecule has 0 saturated heterocycles. The van der Waals surface area contributed by atoms with Gasteiger partial charge in [-0.25, -0.2) is 0 Å². The standard InChI is InChI=1S/C22H25NO3/c1-15(21-13-20(25-3)9-10-22(21)26-4)23-14-16-5-6-18-12-19(24-2)8-7-17(18)11-16/h5-13,15,23H,14H2,1-4H3. The third-order valence-corrected chi connectivity index (χ3v) is 4.63. The number of ether oxygens (including phenoxy) is 3. The molecular formula is C22H25NO3. The maximum Gasteiger partial charge on any atom is 0.123 e. The quantitative estimate of drug-likeness (QED) is 0.669. The molecule has 0 radical (unpaired) electrons. The van der Waals surface area contributed by atoms with Crippen LogP contribution in [0, 0.1) is 0 Å². The first-order valence-corrected chi connectivity index (χ1v) is 8.66. The van der Waals surface area contributed by atoms with Crippen LogP contribution >= 0.6 is 0 Å². The molecule has 0 bridgehead atoms. The number of methoxy groups -OCH3 is 3. The van der Waals surface area contributed by atoms with E-state index < -0.39 is 0 Å². The topological polar surface area (TPSA) is 39.7 Å². The summed E-state index contributed by atoms with van der Waals surface area (Å²) in [4.78, 5) is 0. The molecule has 136 valence electrons. The molecule has 0 aliphatic carbocycles. The summed E-state index contributed by atoms with van der Waals surface area (Å²) in [5.41, 5.74) is 2.31. The highest BCUT2D eigenvalue weighted by atomic mass is 16.5. The third kappa shape index (κ3) is 3.92. The molecule has 3 aromatic rings. The summed E-state index contributed by atoms with van der Waals surface area (Å²) in [5.74, 6) is 2.56. The Hall–Kier alpha value is -2.72. The Balaban J connectivity index is 1.75. The zero-order valence-electron chi connectivity index (χ0n) is 15.7.